The number of carbonyl (C=O) groups is 2. The van der Waals surface area contributed by atoms with E-state index in [1.165, 1.54) is 12.1 Å². The molecule has 5 nitrogen and oxygen atoms in total. The highest BCUT2D eigenvalue weighted by Gasteiger charge is 2.35. The van der Waals surface area contributed by atoms with Gasteiger partial charge in [0.05, 0.1) is 13.2 Å². The quantitative estimate of drug-likeness (QED) is 0.756. The summed E-state index contributed by atoms with van der Waals surface area (Å²) in [6.45, 7) is 3.85. The lowest BCUT2D eigenvalue weighted by molar-refractivity contribution is -0.157. The van der Waals surface area contributed by atoms with E-state index in [-0.39, 0.29) is 30.3 Å². The van der Waals surface area contributed by atoms with Crippen molar-refractivity contribution in [2.24, 2.45) is 0 Å². The van der Waals surface area contributed by atoms with Crippen LogP contribution in [0.25, 0.3) is 0 Å². The third-order valence-electron chi connectivity index (χ3n) is 5.34. The molecule has 0 bridgehead atoms. The average Bonchev–Trinajstić information content (AvgIpc) is 3.10. The predicted molar refractivity (Wildman–Crippen MR) is 95.9 cm³/mol. The molecule has 0 unspecified atom stereocenters. The normalized spacial score (nSPS) is 23.8. The molecular weight excluding hydrogens is 335 g/mol. The van der Waals surface area contributed by atoms with E-state index < -0.39 is 6.04 Å². The maximum Gasteiger partial charge on any atom is 0.328 e. The zero-order chi connectivity index (χ0) is 18.5. The summed E-state index contributed by atoms with van der Waals surface area (Å²) in [4.78, 5) is 29.0. The number of likely N-dealkylation sites (tertiary alicyclic amines) is 2. The number of nitrogens with zero attached hydrogens (tertiary/aromatic N) is 2. The summed E-state index contributed by atoms with van der Waals surface area (Å²) in [6.07, 6.45) is 4.50. The number of hydrogen-bond donors (Lipinski definition) is 0. The van der Waals surface area contributed by atoms with Crippen molar-refractivity contribution in [1.29, 1.82) is 0 Å². The predicted octanol–water partition coefficient (Wildman–Crippen LogP) is 2.91. The first-order valence-electron chi connectivity index (χ1n) is 9.55. The fourth-order valence-corrected chi connectivity index (χ4v) is 4.06. The van der Waals surface area contributed by atoms with Crippen molar-refractivity contribution in [3.05, 3.63) is 35.6 Å². The molecule has 0 spiro atoms. The van der Waals surface area contributed by atoms with Crippen molar-refractivity contribution in [3.8, 4) is 0 Å². The topological polar surface area (TPSA) is 49.9 Å². The van der Waals surface area contributed by atoms with Crippen LogP contribution in [0.3, 0.4) is 0 Å². The van der Waals surface area contributed by atoms with Crippen LogP contribution in [0.15, 0.2) is 24.3 Å². The average molecular weight is 362 g/mol. The van der Waals surface area contributed by atoms with Gasteiger partial charge in [-0.05, 0) is 63.3 Å². The fraction of sp³-hybridized carbons (Fsp3) is 0.600. The molecule has 3 rings (SSSR count). The lowest BCUT2D eigenvalue weighted by Crippen LogP contribution is -2.51. The van der Waals surface area contributed by atoms with Crippen LogP contribution in [0.4, 0.5) is 4.39 Å². The number of carbonyl (C=O) groups excluding carboxylic acids is 2. The van der Waals surface area contributed by atoms with Crippen LogP contribution >= 0.6 is 0 Å². The molecule has 6 heteroatoms. The van der Waals surface area contributed by atoms with Crippen molar-refractivity contribution in [3.63, 3.8) is 0 Å². The van der Waals surface area contributed by atoms with Gasteiger partial charge in [0.25, 0.3) is 0 Å². The maximum absolute atomic E-state index is 13.2. The molecule has 2 saturated heterocycles. The van der Waals surface area contributed by atoms with Crippen molar-refractivity contribution in [2.45, 2.75) is 51.1 Å². The van der Waals surface area contributed by atoms with Gasteiger partial charge in [-0.25, -0.2) is 9.18 Å². The van der Waals surface area contributed by atoms with Crippen LogP contribution in [0.5, 0.6) is 0 Å². The van der Waals surface area contributed by atoms with Gasteiger partial charge in [0, 0.05) is 12.6 Å². The zero-order valence-corrected chi connectivity index (χ0v) is 15.3. The first-order valence-corrected chi connectivity index (χ1v) is 9.55. The number of ether oxygens (including phenoxy) is 1. The van der Waals surface area contributed by atoms with Crippen molar-refractivity contribution in [1.82, 2.24) is 9.80 Å². The Morgan fingerprint density at radius 3 is 2.62 bits per heavy atom. The van der Waals surface area contributed by atoms with E-state index in [0.717, 1.165) is 37.8 Å². The Balaban J connectivity index is 1.67. The molecule has 0 aliphatic carbocycles. The van der Waals surface area contributed by atoms with Gasteiger partial charge in [-0.2, -0.15) is 0 Å². The number of halogens is 1. The molecule has 2 fully saturated rings. The van der Waals surface area contributed by atoms with Gasteiger partial charge in [0.1, 0.15) is 11.9 Å². The van der Waals surface area contributed by atoms with Crippen LogP contribution in [0.2, 0.25) is 0 Å². The van der Waals surface area contributed by atoms with Gasteiger partial charge in [-0.1, -0.05) is 12.1 Å². The Morgan fingerprint density at radius 2 is 1.88 bits per heavy atom. The van der Waals surface area contributed by atoms with Gasteiger partial charge in [-0.15, -0.1) is 0 Å². The van der Waals surface area contributed by atoms with Gasteiger partial charge < -0.3 is 9.64 Å². The van der Waals surface area contributed by atoms with Crippen LogP contribution in [0, 0.1) is 5.82 Å². The SMILES string of the molecule is CCOC(=O)[C@@H]1CCCCN1C(=O)CN1CCC[C@H]1c1ccc(F)cc1. The maximum atomic E-state index is 13.2. The standard InChI is InChI=1S/C20H27FN2O3/c1-2-26-20(25)18-6-3-4-13-23(18)19(24)14-22-12-5-7-17(22)15-8-10-16(21)11-9-15/h8-11,17-18H,2-7,12-14H2,1H3/t17-,18-/m0/s1. The van der Waals surface area contributed by atoms with E-state index in [0.29, 0.717) is 19.6 Å². The molecule has 0 radical (unpaired) electrons. The smallest absolute Gasteiger partial charge is 0.328 e. The Morgan fingerprint density at radius 1 is 1.12 bits per heavy atom. The van der Waals surface area contributed by atoms with E-state index in [1.54, 1.807) is 24.0 Å². The highest BCUT2D eigenvalue weighted by molar-refractivity contribution is 5.86. The molecule has 2 aliphatic rings. The zero-order valence-electron chi connectivity index (χ0n) is 15.3. The van der Waals surface area contributed by atoms with E-state index in [4.69, 9.17) is 4.74 Å². The number of benzene rings is 1. The van der Waals surface area contributed by atoms with Gasteiger partial charge >= 0.3 is 5.97 Å². The lowest BCUT2D eigenvalue weighted by Gasteiger charge is -2.36. The number of piperidine rings is 1. The first-order chi connectivity index (χ1) is 12.6. The minimum absolute atomic E-state index is 0.0169. The number of esters is 1. The summed E-state index contributed by atoms with van der Waals surface area (Å²) < 4.78 is 18.3. The highest BCUT2D eigenvalue weighted by Crippen LogP contribution is 2.32. The third-order valence-corrected chi connectivity index (χ3v) is 5.34. The molecule has 26 heavy (non-hydrogen) atoms. The molecule has 2 atom stereocenters. The molecular formula is C20H27FN2O3. The molecule has 1 aromatic carbocycles. The van der Waals surface area contributed by atoms with Crippen LogP contribution in [0.1, 0.15) is 50.6 Å². The monoisotopic (exact) mass is 362 g/mol. The molecule has 1 amide bonds. The second-order valence-electron chi connectivity index (χ2n) is 7.03. The Labute approximate surface area is 154 Å². The number of hydrogen-bond acceptors (Lipinski definition) is 4. The van der Waals surface area contributed by atoms with E-state index in [2.05, 4.69) is 4.90 Å². The van der Waals surface area contributed by atoms with Crippen molar-refractivity contribution < 1.29 is 18.7 Å². The second-order valence-corrected chi connectivity index (χ2v) is 7.03. The Kier molecular flexibility index (Phi) is 6.25. The van der Waals surface area contributed by atoms with Crippen molar-refractivity contribution in [2.75, 3.05) is 26.2 Å². The van der Waals surface area contributed by atoms with Crippen LogP contribution in [-0.2, 0) is 14.3 Å². The fourth-order valence-electron chi connectivity index (χ4n) is 4.06. The molecule has 2 aliphatic heterocycles. The third kappa shape index (κ3) is 4.23. The molecule has 0 aromatic heterocycles. The summed E-state index contributed by atoms with van der Waals surface area (Å²) >= 11 is 0. The van der Waals surface area contributed by atoms with Gasteiger partial charge in [0.15, 0.2) is 0 Å². The second kappa shape index (κ2) is 8.62. The van der Waals surface area contributed by atoms with Gasteiger partial charge in [-0.3, -0.25) is 9.69 Å². The Hall–Kier alpha value is -1.95. The van der Waals surface area contributed by atoms with Gasteiger partial charge in [0.2, 0.25) is 5.91 Å². The summed E-state index contributed by atoms with van der Waals surface area (Å²) in [5.41, 5.74) is 1.04. The van der Waals surface area contributed by atoms with E-state index in [1.807, 2.05) is 0 Å². The molecule has 1 aromatic rings. The summed E-state index contributed by atoms with van der Waals surface area (Å²) in [5, 5.41) is 0. The van der Waals surface area contributed by atoms with Crippen LogP contribution < -0.4 is 0 Å². The van der Waals surface area contributed by atoms with Crippen molar-refractivity contribution >= 4 is 11.9 Å². The summed E-state index contributed by atoms with van der Waals surface area (Å²) in [5.74, 6) is -0.561. The highest BCUT2D eigenvalue weighted by atomic mass is 19.1. The largest absolute Gasteiger partial charge is 0.464 e. The minimum atomic E-state index is -0.455. The molecule has 0 N–H and O–H groups in total. The Bertz CT molecular complexity index is 634. The summed E-state index contributed by atoms with van der Waals surface area (Å²) in [6, 6.07) is 6.20. The van der Waals surface area contributed by atoms with Crippen LogP contribution in [-0.4, -0.2) is 54.0 Å². The minimum Gasteiger partial charge on any atom is -0.464 e. The van der Waals surface area contributed by atoms with E-state index >= 15 is 0 Å². The lowest BCUT2D eigenvalue weighted by atomic mass is 10.0. The molecule has 2 heterocycles. The summed E-state index contributed by atoms with van der Waals surface area (Å²) in [7, 11) is 0. The molecule has 0 saturated carbocycles. The molecule has 142 valence electrons. The number of amides is 1. The first kappa shape index (κ1) is 18.8. The van der Waals surface area contributed by atoms with E-state index in [9.17, 15) is 14.0 Å². The number of rotatable bonds is 5.